The van der Waals surface area contributed by atoms with Crippen LogP contribution in [-0.2, 0) is 4.79 Å². The average Bonchev–Trinajstić information content (AvgIpc) is 2.41. The zero-order chi connectivity index (χ0) is 14.2. The Bertz CT molecular complexity index is 223. The van der Waals surface area contributed by atoms with E-state index in [2.05, 4.69) is 19.9 Å². The maximum atomic E-state index is 11.5. The van der Waals surface area contributed by atoms with Crippen molar-refractivity contribution in [2.75, 3.05) is 5.75 Å². The highest BCUT2D eigenvalue weighted by molar-refractivity contribution is 8.14. The van der Waals surface area contributed by atoms with Crippen LogP contribution < -0.4 is 0 Å². The van der Waals surface area contributed by atoms with Gasteiger partial charge in [-0.05, 0) is 25.3 Å². The lowest BCUT2D eigenvalue weighted by Crippen LogP contribution is -1.89. The van der Waals surface area contributed by atoms with Crippen LogP contribution in [0, 0.1) is 0 Å². The topological polar surface area (TPSA) is 17.1 Å². The van der Waals surface area contributed by atoms with Crippen molar-refractivity contribution in [1.82, 2.24) is 0 Å². The highest BCUT2D eigenvalue weighted by Gasteiger charge is 1.97. The molecule has 19 heavy (non-hydrogen) atoms. The minimum Gasteiger partial charge on any atom is -0.282 e. The number of carbonyl (C=O) groups excluding carboxylic acids is 1. The van der Waals surface area contributed by atoms with Crippen LogP contribution in [0.1, 0.15) is 84.5 Å². The first-order valence-electron chi connectivity index (χ1n) is 8.14. The van der Waals surface area contributed by atoms with Gasteiger partial charge in [-0.3, -0.25) is 4.79 Å². The zero-order valence-corrected chi connectivity index (χ0v) is 13.8. The van der Waals surface area contributed by atoms with Gasteiger partial charge in [0.15, 0.2) is 0 Å². The normalized spacial score (nSPS) is 11.3. The number of hydrogen-bond donors (Lipinski definition) is 0. The molecule has 0 amide bonds. The molecule has 0 saturated heterocycles. The third-order valence-electron chi connectivity index (χ3n) is 3.22. The van der Waals surface area contributed by atoms with E-state index in [4.69, 9.17) is 0 Å². The Morgan fingerprint density at radius 2 is 1.42 bits per heavy atom. The molecule has 0 aliphatic rings. The summed E-state index contributed by atoms with van der Waals surface area (Å²) in [7, 11) is 0. The van der Waals surface area contributed by atoms with E-state index in [1.54, 1.807) is 6.08 Å². The number of unbranched alkanes of at least 4 members (excludes halogenated alkanes) is 9. The molecule has 2 heteroatoms. The second-order valence-electron chi connectivity index (χ2n) is 5.19. The molecule has 0 radical (unpaired) electrons. The van der Waals surface area contributed by atoms with Crippen molar-refractivity contribution in [3.8, 4) is 0 Å². The van der Waals surface area contributed by atoms with E-state index in [9.17, 15) is 4.79 Å². The molecule has 112 valence electrons. The Balaban J connectivity index is 3.28. The predicted molar refractivity (Wildman–Crippen MR) is 88.7 cm³/mol. The molecule has 0 aromatic heterocycles. The van der Waals surface area contributed by atoms with Gasteiger partial charge in [0.1, 0.15) is 0 Å². The van der Waals surface area contributed by atoms with Crippen LogP contribution >= 0.6 is 11.8 Å². The molecule has 0 unspecified atom stereocenters. The summed E-state index contributed by atoms with van der Waals surface area (Å²) < 4.78 is 0. The van der Waals surface area contributed by atoms with E-state index < -0.39 is 0 Å². The minimum atomic E-state index is 0.240. The van der Waals surface area contributed by atoms with E-state index in [1.807, 2.05) is 0 Å². The predicted octanol–water partition coefficient (Wildman–Crippen LogP) is 6.13. The van der Waals surface area contributed by atoms with Gasteiger partial charge in [0, 0.05) is 5.75 Å². The van der Waals surface area contributed by atoms with Crippen molar-refractivity contribution < 1.29 is 4.79 Å². The number of carbonyl (C=O) groups is 1. The molecule has 1 nitrogen and oxygen atoms in total. The van der Waals surface area contributed by atoms with Gasteiger partial charge in [-0.15, -0.1) is 0 Å². The highest BCUT2D eigenvalue weighted by atomic mass is 32.2. The molecular formula is C17H32OS. The lowest BCUT2D eigenvalue weighted by Gasteiger charge is -1.98. The molecule has 0 fully saturated rings. The fraction of sp³-hybridized carbons (Fsp3) is 0.824. The Labute approximate surface area is 124 Å². The third-order valence-corrected chi connectivity index (χ3v) is 4.13. The maximum Gasteiger partial charge on any atom is 0.211 e. The number of thioether (sulfide) groups is 1. The molecule has 0 atom stereocenters. The van der Waals surface area contributed by atoms with Gasteiger partial charge in [-0.25, -0.2) is 0 Å². The summed E-state index contributed by atoms with van der Waals surface area (Å²) in [6.45, 7) is 4.46. The van der Waals surface area contributed by atoms with Gasteiger partial charge in [-0.2, -0.15) is 0 Å². The zero-order valence-electron chi connectivity index (χ0n) is 13.0. The first-order valence-corrected chi connectivity index (χ1v) is 9.13. The standard InChI is InChI=1S/C17H32OS/c1-3-5-7-9-10-11-13-15-17(18)19-16-14-12-8-6-4-2/h13,15H,3-12,14,16H2,1-2H3. The lowest BCUT2D eigenvalue weighted by atomic mass is 10.1. The van der Waals surface area contributed by atoms with Gasteiger partial charge >= 0.3 is 0 Å². The van der Waals surface area contributed by atoms with E-state index in [0.29, 0.717) is 0 Å². The van der Waals surface area contributed by atoms with E-state index in [0.717, 1.165) is 12.2 Å². The molecule has 0 rings (SSSR count). The molecule has 0 heterocycles. The molecule has 0 saturated carbocycles. The Hall–Kier alpha value is -0.240. The van der Waals surface area contributed by atoms with Gasteiger partial charge in [0.2, 0.25) is 5.12 Å². The van der Waals surface area contributed by atoms with Gasteiger partial charge in [0.05, 0.1) is 0 Å². The number of hydrogen-bond acceptors (Lipinski definition) is 2. The van der Waals surface area contributed by atoms with Crippen LogP contribution in [0.15, 0.2) is 12.2 Å². The first-order chi connectivity index (χ1) is 9.31. The molecule has 0 spiro atoms. The number of rotatable bonds is 13. The SMILES string of the molecule is CCCCCCCC=CC(=O)SCCCCCCC. The van der Waals surface area contributed by atoms with Crippen molar-refractivity contribution >= 4 is 16.9 Å². The summed E-state index contributed by atoms with van der Waals surface area (Å²) in [5.74, 6) is 0.989. The van der Waals surface area contributed by atoms with Gasteiger partial charge in [0.25, 0.3) is 0 Å². The smallest absolute Gasteiger partial charge is 0.211 e. The van der Waals surface area contributed by atoms with E-state index in [-0.39, 0.29) is 5.12 Å². The van der Waals surface area contributed by atoms with E-state index in [1.165, 1.54) is 76.0 Å². The number of allylic oxidation sites excluding steroid dienone is 1. The largest absolute Gasteiger partial charge is 0.282 e. The molecule has 0 aliphatic carbocycles. The molecular weight excluding hydrogens is 252 g/mol. The van der Waals surface area contributed by atoms with Crippen LogP contribution in [0.5, 0.6) is 0 Å². The van der Waals surface area contributed by atoms with Crippen LogP contribution in [-0.4, -0.2) is 10.9 Å². The molecule has 0 aliphatic heterocycles. The van der Waals surface area contributed by atoms with Gasteiger partial charge < -0.3 is 0 Å². The third kappa shape index (κ3) is 15.7. The van der Waals surface area contributed by atoms with Crippen molar-refractivity contribution in [1.29, 1.82) is 0 Å². The van der Waals surface area contributed by atoms with Crippen molar-refractivity contribution in [3.63, 3.8) is 0 Å². The van der Waals surface area contributed by atoms with Crippen LogP contribution in [0.4, 0.5) is 0 Å². The average molecular weight is 285 g/mol. The van der Waals surface area contributed by atoms with Crippen LogP contribution in [0.3, 0.4) is 0 Å². The fourth-order valence-electron chi connectivity index (χ4n) is 1.97. The monoisotopic (exact) mass is 284 g/mol. The van der Waals surface area contributed by atoms with Gasteiger partial charge in [-0.1, -0.05) is 83.1 Å². The Morgan fingerprint density at radius 3 is 2.05 bits per heavy atom. The second-order valence-corrected chi connectivity index (χ2v) is 6.29. The first kappa shape index (κ1) is 18.8. The molecule has 0 N–H and O–H groups in total. The van der Waals surface area contributed by atoms with E-state index >= 15 is 0 Å². The Kier molecular flexibility index (Phi) is 15.6. The van der Waals surface area contributed by atoms with Crippen LogP contribution in [0.25, 0.3) is 0 Å². The lowest BCUT2D eigenvalue weighted by molar-refractivity contribution is -0.107. The summed E-state index contributed by atoms with van der Waals surface area (Å²) in [5, 5.41) is 0.240. The Morgan fingerprint density at radius 1 is 0.842 bits per heavy atom. The quantitative estimate of drug-likeness (QED) is 0.299. The van der Waals surface area contributed by atoms with Crippen molar-refractivity contribution in [3.05, 3.63) is 12.2 Å². The summed E-state index contributed by atoms with van der Waals surface area (Å²) in [6.07, 6.45) is 17.8. The maximum absolute atomic E-state index is 11.5. The molecule has 0 bridgehead atoms. The second kappa shape index (κ2) is 15.8. The summed E-state index contributed by atoms with van der Waals surface area (Å²) in [5.41, 5.74) is 0. The van der Waals surface area contributed by atoms with Crippen molar-refractivity contribution in [2.24, 2.45) is 0 Å². The van der Waals surface area contributed by atoms with Crippen molar-refractivity contribution in [2.45, 2.75) is 84.5 Å². The highest BCUT2D eigenvalue weighted by Crippen LogP contribution is 2.11. The summed E-state index contributed by atoms with van der Waals surface area (Å²) in [4.78, 5) is 11.5. The fourth-order valence-corrected chi connectivity index (χ4v) is 2.71. The summed E-state index contributed by atoms with van der Waals surface area (Å²) >= 11 is 1.48. The minimum absolute atomic E-state index is 0.240. The van der Waals surface area contributed by atoms with Crippen LogP contribution in [0.2, 0.25) is 0 Å². The molecule has 0 aromatic carbocycles. The summed E-state index contributed by atoms with van der Waals surface area (Å²) in [6, 6.07) is 0. The molecule has 0 aromatic rings.